The van der Waals surface area contributed by atoms with Crippen LogP contribution in [0.4, 0.5) is 5.69 Å². The minimum Gasteiger partial charge on any atom is -0.370 e. The van der Waals surface area contributed by atoms with E-state index in [4.69, 9.17) is 5.73 Å². The molecule has 1 fully saturated rings. The molecule has 0 saturated carbocycles. The molecule has 1 aliphatic heterocycles. The van der Waals surface area contributed by atoms with Crippen LogP contribution in [0.15, 0.2) is 30.3 Å². The van der Waals surface area contributed by atoms with Crippen molar-refractivity contribution in [1.82, 2.24) is 0 Å². The Bertz CT molecular complexity index is 245. The molecular formula is C10H14N2. The summed E-state index contributed by atoms with van der Waals surface area (Å²) in [5.41, 5.74) is 7.12. The zero-order valence-electron chi connectivity index (χ0n) is 7.11. The highest BCUT2D eigenvalue weighted by Gasteiger charge is 2.18. The Morgan fingerprint density at radius 1 is 1.25 bits per heavy atom. The van der Waals surface area contributed by atoms with Gasteiger partial charge in [0, 0.05) is 24.8 Å². The first-order valence-corrected chi connectivity index (χ1v) is 4.42. The number of hydrogen-bond donors (Lipinski definition) is 1. The lowest BCUT2D eigenvalue weighted by molar-refractivity contribution is 0.752. The summed E-state index contributed by atoms with van der Waals surface area (Å²) in [6.45, 7) is 2.11. The fraction of sp³-hybridized carbons (Fsp3) is 0.400. The maximum atomic E-state index is 5.82. The molecule has 0 aromatic heterocycles. The van der Waals surface area contributed by atoms with Crippen LogP contribution in [0.2, 0.25) is 0 Å². The predicted octanol–water partition coefficient (Wildman–Crippen LogP) is 1.22. The number of nitrogens with zero attached hydrogens (tertiary/aromatic N) is 1. The number of rotatable bonds is 1. The molecule has 2 nitrogen and oxygen atoms in total. The summed E-state index contributed by atoms with van der Waals surface area (Å²) in [5.74, 6) is 0. The summed E-state index contributed by atoms with van der Waals surface area (Å²) in [7, 11) is 0. The van der Waals surface area contributed by atoms with Crippen molar-refractivity contribution in [2.24, 2.45) is 5.73 Å². The SMILES string of the molecule is N[C@@H]1CCN(c2ccccc2)C1. The van der Waals surface area contributed by atoms with Gasteiger partial charge in [0.05, 0.1) is 0 Å². The normalized spacial score (nSPS) is 23.1. The topological polar surface area (TPSA) is 29.3 Å². The van der Waals surface area contributed by atoms with Gasteiger partial charge in [0.1, 0.15) is 0 Å². The maximum Gasteiger partial charge on any atom is 0.0366 e. The summed E-state index contributed by atoms with van der Waals surface area (Å²) < 4.78 is 0. The smallest absolute Gasteiger partial charge is 0.0366 e. The molecule has 2 rings (SSSR count). The van der Waals surface area contributed by atoms with E-state index in [1.165, 1.54) is 5.69 Å². The van der Waals surface area contributed by atoms with Crippen LogP contribution in [0.3, 0.4) is 0 Å². The van der Waals surface area contributed by atoms with E-state index in [0.29, 0.717) is 6.04 Å². The van der Waals surface area contributed by atoms with E-state index in [1.54, 1.807) is 0 Å². The Hall–Kier alpha value is -1.02. The van der Waals surface area contributed by atoms with Crippen molar-refractivity contribution >= 4 is 5.69 Å². The second kappa shape index (κ2) is 3.15. The molecule has 0 unspecified atom stereocenters. The van der Waals surface area contributed by atoms with Crippen LogP contribution in [-0.4, -0.2) is 19.1 Å². The molecule has 1 aromatic rings. The zero-order valence-corrected chi connectivity index (χ0v) is 7.11. The number of hydrogen-bond acceptors (Lipinski definition) is 2. The third kappa shape index (κ3) is 1.43. The van der Waals surface area contributed by atoms with Crippen molar-refractivity contribution in [2.45, 2.75) is 12.5 Å². The van der Waals surface area contributed by atoms with Crippen LogP contribution in [0.25, 0.3) is 0 Å². The van der Waals surface area contributed by atoms with Gasteiger partial charge >= 0.3 is 0 Å². The van der Waals surface area contributed by atoms with Crippen LogP contribution in [0, 0.1) is 0 Å². The summed E-state index contributed by atoms with van der Waals surface area (Å²) >= 11 is 0. The number of nitrogens with two attached hydrogens (primary N) is 1. The van der Waals surface area contributed by atoms with Crippen molar-refractivity contribution in [1.29, 1.82) is 0 Å². The van der Waals surface area contributed by atoms with Crippen LogP contribution >= 0.6 is 0 Å². The molecule has 1 heterocycles. The summed E-state index contributed by atoms with van der Waals surface area (Å²) in [4.78, 5) is 2.34. The molecule has 0 amide bonds. The molecule has 0 aliphatic carbocycles. The van der Waals surface area contributed by atoms with E-state index in [1.807, 2.05) is 6.07 Å². The monoisotopic (exact) mass is 162 g/mol. The molecule has 1 atom stereocenters. The average Bonchev–Trinajstić information content (AvgIpc) is 2.54. The molecule has 0 bridgehead atoms. The number of benzene rings is 1. The quantitative estimate of drug-likeness (QED) is 0.673. The Balaban J connectivity index is 2.11. The van der Waals surface area contributed by atoms with E-state index >= 15 is 0 Å². The van der Waals surface area contributed by atoms with Crippen LogP contribution < -0.4 is 10.6 Å². The predicted molar refractivity (Wildman–Crippen MR) is 51.2 cm³/mol. The standard InChI is InChI=1S/C10H14N2/c11-9-6-7-12(8-9)10-4-2-1-3-5-10/h1-5,9H,6-8,11H2/t9-/m1/s1. The second-order valence-electron chi connectivity index (χ2n) is 3.33. The Labute approximate surface area is 73.0 Å². The molecule has 12 heavy (non-hydrogen) atoms. The van der Waals surface area contributed by atoms with E-state index < -0.39 is 0 Å². The Morgan fingerprint density at radius 3 is 2.58 bits per heavy atom. The molecule has 1 saturated heterocycles. The first-order chi connectivity index (χ1) is 5.86. The number of anilines is 1. The lowest BCUT2D eigenvalue weighted by atomic mass is 10.3. The van der Waals surface area contributed by atoms with Gasteiger partial charge in [0.15, 0.2) is 0 Å². The highest BCUT2D eigenvalue weighted by atomic mass is 15.2. The van der Waals surface area contributed by atoms with E-state index in [-0.39, 0.29) is 0 Å². The zero-order chi connectivity index (χ0) is 8.39. The maximum absolute atomic E-state index is 5.82. The summed E-state index contributed by atoms with van der Waals surface area (Å²) in [6, 6.07) is 10.8. The third-order valence-electron chi connectivity index (χ3n) is 2.35. The highest BCUT2D eigenvalue weighted by molar-refractivity contribution is 5.47. The van der Waals surface area contributed by atoms with Gasteiger partial charge in [0.25, 0.3) is 0 Å². The fourth-order valence-corrected chi connectivity index (χ4v) is 1.66. The van der Waals surface area contributed by atoms with Gasteiger partial charge in [-0.15, -0.1) is 0 Å². The lowest BCUT2D eigenvalue weighted by Gasteiger charge is -2.17. The van der Waals surface area contributed by atoms with Crippen LogP contribution in [-0.2, 0) is 0 Å². The molecule has 64 valence electrons. The van der Waals surface area contributed by atoms with Gasteiger partial charge in [-0.1, -0.05) is 18.2 Å². The Kier molecular flexibility index (Phi) is 2.00. The van der Waals surface area contributed by atoms with Gasteiger partial charge in [-0.05, 0) is 18.6 Å². The van der Waals surface area contributed by atoms with E-state index in [9.17, 15) is 0 Å². The highest BCUT2D eigenvalue weighted by Crippen LogP contribution is 2.18. The molecule has 0 spiro atoms. The molecule has 2 heteroatoms. The number of para-hydroxylation sites is 1. The van der Waals surface area contributed by atoms with E-state index in [0.717, 1.165) is 19.5 Å². The minimum absolute atomic E-state index is 0.366. The average molecular weight is 162 g/mol. The molecule has 0 radical (unpaired) electrons. The van der Waals surface area contributed by atoms with Gasteiger partial charge in [0.2, 0.25) is 0 Å². The second-order valence-corrected chi connectivity index (χ2v) is 3.33. The van der Waals surface area contributed by atoms with Crippen molar-refractivity contribution < 1.29 is 0 Å². The minimum atomic E-state index is 0.366. The fourth-order valence-electron chi connectivity index (χ4n) is 1.66. The Morgan fingerprint density at radius 2 is 2.00 bits per heavy atom. The summed E-state index contributed by atoms with van der Waals surface area (Å²) in [5, 5.41) is 0. The van der Waals surface area contributed by atoms with E-state index in [2.05, 4.69) is 29.2 Å². The van der Waals surface area contributed by atoms with Crippen molar-refractivity contribution in [3.8, 4) is 0 Å². The van der Waals surface area contributed by atoms with Gasteiger partial charge < -0.3 is 10.6 Å². The van der Waals surface area contributed by atoms with Crippen LogP contribution in [0.5, 0.6) is 0 Å². The first kappa shape index (κ1) is 7.62. The third-order valence-corrected chi connectivity index (χ3v) is 2.35. The molecule has 1 aliphatic rings. The van der Waals surface area contributed by atoms with Crippen molar-refractivity contribution in [2.75, 3.05) is 18.0 Å². The molecular weight excluding hydrogens is 148 g/mol. The molecule has 2 N–H and O–H groups in total. The van der Waals surface area contributed by atoms with Gasteiger partial charge in [-0.2, -0.15) is 0 Å². The largest absolute Gasteiger partial charge is 0.370 e. The van der Waals surface area contributed by atoms with Gasteiger partial charge in [-0.25, -0.2) is 0 Å². The lowest BCUT2D eigenvalue weighted by Crippen LogP contribution is -2.26. The van der Waals surface area contributed by atoms with Gasteiger partial charge in [-0.3, -0.25) is 0 Å². The molecule has 1 aromatic carbocycles. The van der Waals surface area contributed by atoms with Crippen LogP contribution in [0.1, 0.15) is 6.42 Å². The van der Waals surface area contributed by atoms with Crippen molar-refractivity contribution in [3.05, 3.63) is 30.3 Å². The first-order valence-electron chi connectivity index (χ1n) is 4.42. The van der Waals surface area contributed by atoms with Crippen molar-refractivity contribution in [3.63, 3.8) is 0 Å². The summed E-state index contributed by atoms with van der Waals surface area (Å²) in [6.07, 6.45) is 1.12.